The molecule has 0 atom stereocenters. The Morgan fingerprint density at radius 2 is 2.08 bits per heavy atom. The first-order valence-corrected chi connectivity index (χ1v) is 9.11. The van der Waals surface area contributed by atoms with Crippen LogP contribution in [0.25, 0.3) is 0 Å². The summed E-state index contributed by atoms with van der Waals surface area (Å²) < 4.78 is 5.72. The van der Waals surface area contributed by atoms with Gasteiger partial charge in [-0.25, -0.2) is 4.98 Å². The molecule has 0 fully saturated rings. The Morgan fingerprint density at radius 3 is 2.84 bits per heavy atom. The maximum atomic E-state index is 12.6. The van der Waals surface area contributed by atoms with E-state index in [1.54, 1.807) is 17.6 Å². The molecule has 0 saturated carbocycles. The zero-order chi connectivity index (χ0) is 17.6. The fraction of sp³-hybridized carbons (Fsp3) is 0.200. The average Bonchev–Trinajstić information content (AvgIpc) is 3.15. The molecule has 4 nitrogen and oxygen atoms in total. The van der Waals surface area contributed by atoms with Gasteiger partial charge in [0.2, 0.25) is 0 Å². The normalized spacial score (nSPS) is 10.5. The summed E-state index contributed by atoms with van der Waals surface area (Å²) in [5.74, 6) is 0.518. The maximum absolute atomic E-state index is 12.6. The Kier molecular flexibility index (Phi) is 5.46. The second-order valence-electron chi connectivity index (χ2n) is 5.71. The molecule has 0 aliphatic heterocycles. The highest BCUT2D eigenvalue weighted by molar-refractivity contribution is 7.07. The number of ether oxygens (including phenoxy) is 1. The van der Waals surface area contributed by atoms with Crippen molar-refractivity contribution in [3.63, 3.8) is 0 Å². The number of nitrogens with one attached hydrogen (secondary N) is 1. The van der Waals surface area contributed by atoms with Crippen LogP contribution in [0.4, 0.5) is 5.69 Å². The fourth-order valence-electron chi connectivity index (χ4n) is 2.58. The molecule has 1 heterocycles. The van der Waals surface area contributed by atoms with Crippen LogP contribution < -0.4 is 10.1 Å². The number of thiazole rings is 1. The van der Waals surface area contributed by atoms with Gasteiger partial charge in [0.05, 0.1) is 11.2 Å². The van der Waals surface area contributed by atoms with Crippen LogP contribution >= 0.6 is 11.3 Å². The Morgan fingerprint density at radius 1 is 1.24 bits per heavy atom. The van der Waals surface area contributed by atoms with E-state index in [2.05, 4.69) is 17.2 Å². The van der Waals surface area contributed by atoms with Crippen molar-refractivity contribution >= 4 is 22.9 Å². The first-order chi connectivity index (χ1) is 12.2. The van der Waals surface area contributed by atoms with Gasteiger partial charge in [0.1, 0.15) is 12.4 Å². The fourth-order valence-corrected chi connectivity index (χ4v) is 3.12. The summed E-state index contributed by atoms with van der Waals surface area (Å²) in [6.45, 7) is 4.48. The highest BCUT2D eigenvalue weighted by atomic mass is 32.1. The number of carbonyl (C=O) groups excluding carboxylic acids is 1. The lowest BCUT2D eigenvalue weighted by molar-refractivity contribution is 0.102. The summed E-state index contributed by atoms with van der Waals surface area (Å²) in [4.78, 5) is 16.8. The molecule has 3 rings (SSSR count). The number of carbonyl (C=O) groups is 1. The summed E-state index contributed by atoms with van der Waals surface area (Å²) in [6, 6.07) is 13.3. The Hall–Kier alpha value is -2.66. The molecule has 3 aromatic rings. The van der Waals surface area contributed by atoms with Crippen molar-refractivity contribution in [2.24, 2.45) is 0 Å². The van der Waals surface area contributed by atoms with E-state index in [4.69, 9.17) is 4.74 Å². The highest BCUT2D eigenvalue weighted by Gasteiger charge is 2.11. The SMILES string of the molecule is CCc1cccc(C)c1NC(=O)c1cccc(OCc2cscn2)c1. The van der Waals surface area contributed by atoms with E-state index in [0.717, 1.165) is 28.9 Å². The molecule has 2 aromatic carbocycles. The molecule has 0 spiro atoms. The molecular formula is C20H20N2O2S. The van der Waals surface area contributed by atoms with Crippen molar-refractivity contribution in [2.45, 2.75) is 26.9 Å². The second kappa shape index (κ2) is 7.94. The largest absolute Gasteiger partial charge is 0.487 e. The number of benzene rings is 2. The summed E-state index contributed by atoms with van der Waals surface area (Å²) in [5.41, 5.74) is 6.31. The molecule has 5 heteroatoms. The third kappa shape index (κ3) is 4.25. The summed E-state index contributed by atoms with van der Waals surface area (Å²) >= 11 is 1.53. The minimum absolute atomic E-state index is 0.136. The number of anilines is 1. The lowest BCUT2D eigenvalue weighted by Crippen LogP contribution is -2.14. The molecule has 0 saturated heterocycles. The number of hydrogen-bond acceptors (Lipinski definition) is 4. The molecule has 0 bridgehead atoms. The number of rotatable bonds is 6. The first kappa shape index (κ1) is 17.2. The molecule has 25 heavy (non-hydrogen) atoms. The van der Waals surface area contributed by atoms with Gasteiger partial charge in [-0.1, -0.05) is 31.2 Å². The summed E-state index contributed by atoms with van der Waals surface area (Å²) in [7, 11) is 0. The monoisotopic (exact) mass is 352 g/mol. The van der Waals surface area contributed by atoms with Crippen LogP contribution in [0.15, 0.2) is 53.4 Å². The molecular weight excluding hydrogens is 332 g/mol. The van der Waals surface area contributed by atoms with E-state index in [-0.39, 0.29) is 5.91 Å². The van der Waals surface area contributed by atoms with Crippen LogP contribution in [0.3, 0.4) is 0 Å². The van der Waals surface area contributed by atoms with Crippen LogP contribution in [0.5, 0.6) is 5.75 Å². The van der Waals surface area contributed by atoms with Gasteiger partial charge in [-0.15, -0.1) is 11.3 Å². The van der Waals surface area contributed by atoms with E-state index in [1.807, 2.05) is 42.6 Å². The topological polar surface area (TPSA) is 51.2 Å². The summed E-state index contributed by atoms with van der Waals surface area (Å²) in [6.07, 6.45) is 0.869. The molecule has 0 aliphatic rings. The van der Waals surface area contributed by atoms with Crippen molar-refractivity contribution in [1.29, 1.82) is 0 Å². The minimum Gasteiger partial charge on any atom is -0.487 e. The summed E-state index contributed by atoms with van der Waals surface area (Å²) in [5, 5.41) is 4.98. The Balaban J connectivity index is 1.73. The molecule has 1 amide bonds. The lowest BCUT2D eigenvalue weighted by Gasteiger charge is -2.13. The standard InChI is InChI=1S/C20H20N2O2S/c1-3-15-7-4-6-14(2)19(15)22-20(23)16-8-5-9-18(10-16)24-11-17-12-25-13-21-17/h4-10,12-13H,3,11H2,1-2H3,(H,22,23). The van der Waals surface area contributed by atoms with Crippen LogP contribution in [0.2, 0.25) is 0 Å². The van der Waals surface area contributed by atoms with Gasteiger partial charge in [0, 0.05) is 16.6 Å². The number of aromatic nitrogens is 1. The molecule has 0 radical (unpaired) electrons. The van der Waals surface area contributed by atoms with Gasteiger partial charge in [-0.2, -0.15) is 0 Å². The van der Waals surface area contributed by atoms with Crippen molar-refractivity contribution in [1.82, 2.24) is 4.98 Å². The lowest BCUT2D eigenvalue weighted by atomic mass is 10.1. The molecule has 1 aromatic heterocycles. The number of aryl methyl sites for hydroxylation is 2. The van der Waals surface area contributed by atoms with Gasteiger partial charge in [0.25, 0.3) is 5.91 Å². The van der Waals surface area contributed by atoms with Crippen molar-refractivity contribution in [3.05, 3.63) is 75.7 Å². The van der Waals surface area contributed by atoms with E-state index in [0.29, 0.717) is 17.9 Å². The van der Waals surface area contributed by atoms with Gasteiger partial charge in [0.15, 0.2) is 0 Å². The van der Waals surface area contributed by atoms with Crippen LogP contribution in [-0.4, -0.2) is 10.9 Å². The van der Waals surface area contributed by atoms with Crippen LogP contribution in [-0.2, 0) is 13.0 Å². The minimum atomic E-state index is -0.136. The Bertz CT molecular complexity index is 860. The first-order valence-electron chi connectivity index (χ1n) is 8.17. The number of para-hydroxylation sites is 1. The van der Waals surface area contributed by atoms with Crippen molar-refractivity contribution in [3.8, 4) is 5.75 Å². The Labute approximate surface area is 151 Å². The van der Waals surface area contributed by atoms with Gasteiger partial charge in [-0.05, 0) is 42.7 Å². The smallest absolute Gasteiger partial charge is 0.255 e. The van der Waals surface area contributed by atoms with Crippen molar-refractivity contribution in [2.75, 3.05) is 5.32 Å². The quantitative estimate of drug-likeness (QED) is 0.690. The number of nitrogens with zero attached hydrogens (tertiary/aromatic N) is 1. The van der Waals surface area contributed by atoms with Gasteiger partial charge < -0.3 is 10.1 Å². The number of hydrogen-bond donors (Lipinski definition) is 1. The van der Waals surface area contributed by atoms with Crippen LogP contribution in [0.1, 0.15) is 34.1 Å². The zero-order valence-corrected chi connectivity index (χ0v) is 15.1. The second-order valence-corrected chi connectivity index (χ2v) is 6.43. The van der Waals surface area contributed by atoms with Gasteiger partial charge >= 0.3 is 0 Å². The molecule has 0 unspecified atom stereocenters. The van der Waals surface area contributed by atoms with Crippen molar-refractivity contribution < 1.29 is 9.53 Å². The third-order valence-corrected chi connectivity index (χ3v) is 4.58. The zero-order valence-electron chi connectivity index (χ0n) is 14.3. The third-order valence-electron chi connectivity index (χ3n) is 3.94. The average molecular weight is 352 g/mol. The van der Waals surface area contributed by atoms with E-state index < -0.39 is 0 Å². The maximum Gasteiger partial charge on any atom is 0.255 e. The predicted molar refractivity (Wildman–Crippen MR) is 101 cm³/mol. The number of amides is 1. The van der Waals surface area contributed by atoms with Gasteiger partial charge in [-0.3, -0.25) is 4.79 Å². The van der Waals surface area contributed by atoms with E-state index in [1.165, 1.54) is 11.3 Å². The molecule has 1 N–H and O–H groups in total. The highest BCUT2D eigenvalue weighted by Crippen LogP contribution is 2.23. The van der Waals surface area contributed by atoms with E-state index in [9.17, 15) is 4.79 Å². The molecule has 0 aliphatic carbocycles. The molecule has 128 valence electrons. The van der Waals surface area contributed by atoms with Crippen LogP contribution in [0, 0.1) is 6.92 Å². The van der Waals surface area contributed by atoms with E-state index >= 15 is 0 Å². The predicted octanol–water partition coefficient (Wildman–Crippen LogP) is 4.85.